The predicted molar refractivity (Wildman–Crippen MR) is 83.5 cm³/mol. The maximum atomic E-state index is 12.2. The zero-order valence-electron chi connectivity index (χ0n) is 11.9. The SMILES string of the molecule is O=C(Cc1cccc(O)c1)Nc1cccc2c1CCCC2. The highest BCUT2D eigenvalue weighted by Crippen LogP contribution is 2.28. The van der Waals surface area contributed by atoms with Gasteiger partial charge in [-0.05, 0) is 60.6 Å². The summed E-state index contributed by atoms with van der Waals surface area (Å²) in [6, 6.07) is 13.0. The van der Waals surface area contributed by atoms with Gasteiger partial charge in [0.05, 0.1) is 6.42 Å². The number of phenols is 1. The van der Waals surface area contributed by atoms with Gasteiger partial charge >= 0.3 is 0 Å². The number of aryl methyl sites for hydroxylation is 1. The molecule has 1 aliphatic carbocycles. The molecule has 0 saturated carbocycles. The fourth-order valence-corrected chi connectivity index (χ4v) is 2.94. The molecule has 0 spiro atoms. The molecule has 0 saturated heterocycles. The average molecular weight is 281 g/mol. The van der Waals surface area contributed by atoms with Gasteiger partial charge in [0.1, 0.15) is 5.75 Å². The molecule has 0 bridgehead atoms. The van der Waals surface area contributed by atoms with Gasteiger partial charge in [-0.1, -0.05) is 24.3 Å². The van der Waals surface area contributed by atoms with Gasteiger partial charge in [0.2, 0.25) is 5.91 Å². The third-order valence-electron chi connectivity index (χ3n) is 3.95. The third kappa shape index (κ3) is 3.24. The monoisotopic (exact) mass is 281 g/mol. The van der Waals surface area contributed by atoms with Gasteiger partial charge in [0.25, 0.3) is 0 Å². The Hall–Kier alpha value is -2.29. The van der Waals surface area contributed by atoms with E-state index in [1.807, 2.05) is 18.2 Å². The summed E-state index contributed by atoms with van der Waals surface area (Å²) in [5, 5.41) is 12.5. The number of hydrogen-bond donors (Lipinski definition) is 2. The maximum Gasteiger partial charge on any atom is 0.228 e. The molecule has 1 aliphatic rings. The number of anilines is 1. The molecule has 1 amide bonds. The van der Waals surface area contributed by atoms with Crippen LogP contribution in [0.25, 0.3) is 0 Å². The van der Waals surface area contributed by atoms with E-state index in [-0.39, 0.29) is 18.1 Å². The molecule has 2 aromatic rings. The Balaban J connectivity index is 1.73. The molecule has 0 unspecified atom stereocenters. The van der Waals surface area contributed by atoms with Gasteiger partial charge in [-0.3, -0.25) is 4.79 Å². The van der Waals surface area contributed by atoms with Crippen molar-refractivity contribution in [2.75, 3.05) is 5.32 Å². The first-order valence-corrected chi connectivity index (χ1v) is 7.41. The lowest BCUT2D eigenvalue weighted by Gasteiger charge is -2.19. The molecule has 2 aromatic carbocycles. The van der Waals surface area contributed by atoms with Gasteiger partial charge in [0.15, 0.2) is 0 Å². The molecule has 3 nitrogen and oxygen atoms in total. The quantitative estimate of drug-likeness (QED) is 0.905. The smallest absolute Gasteiger partial charge is 0.228 e. The fraction of sp³-hybridized carbons (Fsp3) is 0.278. The summed E-state index contributed by atoms with van der Waals surface area (Å²) in [5.41, 5.74) is 4.40. The Morgan fingerprint density at radius 2 is 1.90 bits per heavy atom. The van der Waals surface area contributed by atoms with E-state index in [4.69, 9.17) is 0 Å². The summed E-state index contributed by atoms with van der Waals surface area (Å²) in [7, 11) is 0. The van der Waals surface area contributed by atoms with E-state index >= 15 is 0 Å². The number of hydrogen-bond acceptors (Lipinski definition) is 2. The van der Waals surface area contributed by atoms with Crippen molar-refractivity contribution in [2.24, 2.45) is 0 Å². The highest BCUT2D eigenvalue weighted by atomic mass is 16.3. The number of carbonyl (C=O) groups excluding carboxylic acids is 1. The number of aromatic hydroxyl groups is 1. The van der Waals surface area contributed by atoms with Gasteiger partial charge in [-0.25, -0.2) is 0 Å². The minimum Gasteiger partial charge on any atom is -0.508 e. The Labute approximate surface area is 124 Å². The van der Waals surface area contributed by atoms with E-state index in [1.54, 1.807) is 18.2 Å². The number of rotatable bonds is 3. The molecule has 3 rings (SSSR count). The van der Waals surface area contributed by atoms with Crippen LogP contribution in [0.5, 0.6) is 5.75 Å². The summed E-state index contributed by atoms with van der Waals surface area (Å²) >= 11 is 0. The summed E-state index contributed by atoms with van der Waals surface area (Å²) in [6.07, 6.45) is 4.84. The summed E-state index contributed by atoms with van der Waals surface area (Å²) in [5.74, 6) is 0.150. The number of amides is 1. The second kappa shape index (κ2) is 6.00. The normalized spacial score (nSPS) is 13.5. The molecule has 2 N–H and O–H groups in total. The standard InChI is InChI=1S/C18H19NO2/c20-15-8-3-5-13(11-15)12-18(21)19-17-10-4-7-14-6-1-2-9-16(14)17/h3-5,7-8,10-11,20H,1-2,6,9,12H2,(H,19,21). The van der Waals surface area contributed by atoms with Crippen molar-refractivity contribution < 1.29 is 9.90 Å². The van der Waals surface area contributed by atoms with Crippen LogP contribution < -0.4 is 5.32 Å². The first-order valence-electron chi connectivity index (χ1n) is 7.41. The molecule has 0 radical (unpaired) electrons. The van der Waals surface area contributed by atoms with E-state index in [9.17, 15) is 9.90 Å². The largest absolute Gasteiger partial charge is 0.508 e. The van der Waals surface area contributed by atoms with E-state index < -0.39 is 0 Å². The van der Waals surface area contributed by atoms with Gasteiger partial charge in [-0.2, -0.15) is 0 Å². The topological polar surface area (TPSA) is 49.3 Å². The van der Waals surface area contributed by atoms with Crippen LogP contribution in [0.3, 0.4) is 0 Å². The second-order valence-corrected chi connectivity index (χ2v) is 5.55. The number of phenolic OH excluding ortho intramolecular Hbond substituents is 1. The molecular formula is C18H19NO2. The fourth-order valence-electron chi connectivity index (χ4n) is 2.94. The molecule has 0 aliphatic heterocycles. The highest BCUT2D eigenvalue weighted by Gasteiger charge is 2.14. The lowest BCUT2D eigenvalue weighted by atomic mass is 9.90. The Bertz CT molecular complexity index is 664. The van der Waals surface area contributed by atoms with E-state index in [0.29, 0.717) is 0 Å². The Morgan fingerprint density at radius 1 is 1.10 bits per heavy atom. The van der Waals surface area contributed by atoms with Crippen LogP contribution in [-0.4, -0.2) is 11.0 Å². The van der Waals surface area contributed by atoms with Crippen LogP contribution in [0.15, 0.2) is 42.5 Å². The molecule has 3 heteroatoms. The molecule has 108 valence electrons. The molecule has 0 aromatic heterocycles. The summed E-state index contributed by atoms with van der Waals surface area (Å²) in [6.45, 7) is 0. The van der Waals surface area contributed by atoms with Crippen molar-refractivity contribution in [3.63, 3.8) is 0 Å². The lowest BCUT2D eigenvalue weighted by molar-refractivity contribution is -0.115. The van der Waals surface area contributed by atoms with Crippen molar-refractivity contribution in [2.45, 2.75) is 32.1 Å². The Kier molecular flexibility index (Phi) is 3.91. The number of carbonyl (C=O) groups is 1. The van der Waals surface area contributed by atoms with Crippen LogP contribution in [0, 0.1) is 0 Å². The first-order chi connectivity index (χ1) is 10.2. The summed E-state index contributed by atoms with van der Waals surface area (Å²) in [4.78, 5) is 12.2. The van der Waals surface area contributed by atoms with Crippen LogP contribution in [0.4, 0.5) is 5.69 Å². The maximum absolute atomic E-state index is 12.2. The van der Waals surface area contributed by atoms with Crippen molar-refractivity contribution in [3.05, 3.63) is 59.2 Å². The number of fused-ring (bicyclic) bond motifs is 1. The molecule has 0 fully saturated rings. The molecular weight excluding hydrogens is 262 g/mol. The zero-order valence-corrected chi connectivity index (χ0v) is 11.9. The minimum absolute atomic E-state index is 0.0421. The predicted octanol–water partition coefficient (Wildman–Crippen LogP) is 3.45. The summed E-state index contributed by atoms with van der Waals surface area (Å²) < 4.78 is 0. The highest BCUT2D eigenvalue weighted by molar-refractivity contribution is 5.93. The number of benzene rings is 2. The van der Waals surface area contributed by atoms with Crippen molar-refractivity contribution in [1.82, 2.24) is 0 Å². The van der Waals surface area contributed by atoms with Crippen LogP contribution >= 0.6 is 0 Å². The lowest BCUT2D eigenvalue weighted by Crippen LogP contribution is -2.17. The second-order valence-electron chi connectivity index (χ2n) is 5.55. The molecule has 0 heterocycles. The number of nitrogens with one attached hydrogen (secondary N) is 1. The first kappa shape index (κ1) is 13.7. The molecule has 21 heavy (non-hydrogen) atoms. The third-order valence-corrected chi connectivity index (χ3v) is 3.95. The molecule has 0 atom stereocenters. The van der Waals surface area contributed by atoms with Crippen LogP contribution in [0.1, 0.15) is 29.5 Å². The minimum atomic E-state index is -0.0421. The van der Waals surface area contributed by atoms with Crippen molar-refractivity contribution in [1.29, 1.82) is 0 Å². The van der Waals surface area contributed by atoms with E-state index in [0.717, 1.165) is 24.1 Å². The van der Waals surface area contributed by atoms with Crippen LogP contribution in [0.2, 0.25) is 0 Å². The van der Waals surface area contributed by atoms with Crippen molar-refractivity contribution >= 4 is 11.6 Å². The zero-order chi connectivity index (χ0) is 14.7. The van der Waals surface area contributed by atoms with Crippen LogP contribution in [-0.2, 0) is 24.1 Å². The van der Waals surface area contributed by atoms with Gasteiger partial charge < -0.3 is 10.4 Å². The van der Waals surface area contributed by atoms with Gasteiger partial charge in [-0.15, -0.1) is 0 Å². The van der Waals surface area contributed by atoms with Crippen molar-refractivity contribution in [3.8, 4) is 5.75 Å². The Morgan fingerprint density at radius 3 is 2.76 bits per heavy atom. The van der Waals surface area contributed by atoms with Gasteiger partial charge in [0, 0.05) is 5.69 Å². The average Bonchev–Trinajstić information content (AvgIpc) is 2.47. The van der Waals surface area contributed by atoms with E-state index in [2.05, 4.69) is 11.4 Å². The van der Waals surface area contributed by atoms with E-state index in [1.165, 1.54) is 24.0 Å².